The lowest BCUT2D eigenvalue weighted by molar-refractivity contribution is 0.626. The van der Waals surface area contributed by atoms with Crippen LogP contribution in [0.1, 0.15) is 25.5 Å². The van der Waals surface area contributed by atoms with E-state index in [0.29, 0.717) is 0 Å². The quantitative estimate of drug-likeness (QED) is 0.878. The van der Waals surface area contributed by atoms with Crippen molar-refractivity contribution in [2.75, 3.05) is 5.32 Å². The lowest BCUT2D eigenvalue weighted by Gasteiger charge is -2.13. The van der Waals surface area contributed by atoms with Crippen LogP contribution in [0.15, 0.2) is 36.7 Å². The van der Waals surface area contributed by atoms with Crippen molar-refractivity contribution in [2.45, 2.75) is 26.4 Å². The van der Waals surface area contributed by atoms with Crippen molar-refractivity contribution in [3.05, 3.63) is 48.0 Å². The summed E-state index contributed by atoms with van der Waals surface area (Å²) in [6, 6.07) is 6.66. The summed E-state index contributed by atoms with van der Waals surface area (Å²) >= 11 is 0. The number of aryl methyl sites for hydroxylation is 1. The number of benzene rings is 1. The number of rotatable bonds is 4. The molecule has 0 radical (unpaired) electrons. The molecule has 0 amide bonds. The molecule has 0 aliphatic heterocycles. The topological polar surface area (TPSA) is 29.9 Å². The highest BCUT2D eigenvalue weighted by atomic mass is 19.1. The highest BCUT2D eigenvalue weighted by Gasteiger charge is 2.06. The first-order valence-corrected chi connectivity index (χ1v) is 5.73. The molecule has 0 aliphatic rings. The van der Waals surface area contributed by atoms with Gasteiger partial charge < -0.3 is 5.32 Å². The van der Waals surface area contributed by atoms with E-state index in [-0.39, 0.29) is 11.9 Å². The average Bonchev–Trinajstić information content (AvgIpc) is 2.77. The van der Waals surface area contributed by atoms with E-state index in [1.165, 1.54) is 12.1 Å². The van der Waals surface area contributed by atoms with Gasteiger partial charge in [0.1, 0.15) is 5.82 Å². The summed E-state index contributed by atoms with van der Waals surface area (Å²) in [7, 11) is 0. The maximum Gasteiger partial charge on any atom is 0.123 e. The molecule has 0 aliphatic carbocycles. The van der Waals surface area contributed by atoms with Crippen LogP contribution < -0.4 is 5.32 Å². The van der Waals surface area contributed by atoms with Crippen LogP contribution in [-0.4, -0.2) is 9.78 Å². The molecule has 0 spiro atoms. The molecule has 1 heterocycles. The third-order valence-corrected chi connectivity index (χ3v) is 2.71. The molecule has 1 aromatic heterocycles. The maximum atomic E-state index is 12.8. The summed E-state index contributed by atoms with van der Waals surface area (Å²) < 4.78 is 14.7. The fourth-order valence-corrected chi connectivity index (χ4v) is 1.70. The van der Waals surface area contributed by atoms with Crippen LogP contribution in [0.5, 0.6) is 0 Å². The lowest BCUT2D eigenvalue weighted by atomic mass is 10.1. The fourth-order valence-electron chi connectivity index (χ4n) is 1.70. The Bertz CT molecular complexity index is 476. The first-order chi connectivity index (χ1) is 8.19. The van der Waals surface area contributed by atoms with Crippen molar-refractivity contribution in [3.63, 3.8) is 0 Å². The Morgan fingerprint density at radius 3 is 2.65 bits per heavy atom. The number of nitrogens with one attached hydrogen (secondary N) is 1. The van der Waals surface area contributed by atoms with Gasteiger partial charge in [-0.3, -0.25) is 4.68 Å². The molecule has 1 unspecified atom stereocenters. The Labute approximate surface area is 100 Å². The summed E-state index contributed by atoms with van der Waals surface area (Å²) in [5, 5.41) is 7.52. The van der Waals surface area contributed by atoms with E-state index in [0.717, 1.165) is 17.8 Å². The van der Waals surface area contributed by atoms with Crippen molar-refractivity contribution in [2.24, 2.45) is 0 Å². The Kier molecular flexibility index (Phi) is 3.42. The summed E-state index contributed by atoms with van der Waals surface area (Å²) in [5.41, 5.74) is 2.03. The number of aromatic nitrogens is 2. The van der Waals surface area contributed by atoms with Gasteiger partial charge in [0, 0.05) is 18.8 Å². The molecule has 1 N–H and O–H groups in total. The van der Waals surface area contributed by atoms with E-state index in [2.05, 4.69) is 10.4 Å². The third-order valence-electron chi connectivity index (χ3n) is 2.71. The molecule has 0 bridgehead atoms. The minimum Gasteiger partial charge on any atom is -0.376 e. The van der Waals surface area contributed by atoms with Crippen LogP contribution in [0, 0.1) is 5.82 Å². The molecule has 17 heavy (non-hydrogen) atoms. The molecule has 90 valence electrons. The van der Waals surface area contributed by atoms with Gasteiger partial charge in [-0.05, 0) is 31.5 Å². The summed E-state index contributed by atoms with van der Waals surface area (Å²) in [4.78, 5) is 0. The minimum atomic E-state index is -0.209. The van der Waals surface area contributed by atoms with Gasteiger partial charge in [-0.2, -0.15) is 5.10 Å². The predicted octanol–water partition coefficient (Wildman–Crippen LogP) is 3.22. The second-order valence-electron chi connectivity index (χ2n) is 4.00. The lowest BCUT2D eigenvalue weighted by Crippen LogP contribution is -2.05. The van der Waals surface area contributed by atoms with Gasteiger partial charge in [0.15, 0.2) is 0 Å². The monoisotopic (exact) mass is 233 g/mol. The number of hydrogen-bond acceptors (Lipinski definition) is 2. The molecule has 1 atom stereocenters. The van der Waals surface area contributed by atoms with Gasteiger partial charge >= 0.3 is 0 Å². The average molecular weight is 233 g/mol. The first-order valence-electron chi connectivity index (χ1n) is 5.73. The molecular weight excluding hydrogens is 217 g/mol. The van der Waals surface area contributed by atoms with Gasteiger partial charge in [-0.25, -0.2) is 4.39 Å². The van der Waals surface area contributed by atoms with Gasteiger partial charge in [-0.15, -0.1) is 0 Å². The van der Waals surface area contributed by atoms with Gasteiger partial charge in [0.25, 0.3) is 0 Å². The molecular formula is C13H16FN3. The number of hydrogen-bond donors (Lipinski definition) is 1. The van der Waals surface area contributed by atoms with Crippen molar-refractivity contribution in [3.8, 4) is 0 Å². The zero-order valence-corrected chi connectivity index (χ0v) is 10.0. The standard InChI is InChI=1S/C13H16FN3/c1-3-17-9-13(8-15-17)16-10(2)11-4-6-12(14)7-5-11/h4-10,16H,3H2,1-2H3. The van der Waals surface area contributed by atoms with E-state index in [9.17, 15) is 4.39 Å². The highest BCUT2D eigenvalue weighted by molar-refractivity contribution is 5.41. The van der Waals surface area contributed by atoms with E-state index in [1.807, 2.05) is 24.7 Å². The smallest absolute Gasteiger partial charge is 0.123 e. The van der Waals surface area contributed by atoms with Gasteiger partial charge in [0.05, 0.1) is 11.9 Å². The molecule has 0 saturated carbocycles. The fraction of sp³-hybridized carbons (Fsp3) is 0.308. The van der Waals surface area contributed by atoms with E-state index in [4.69, 9.17) is 0 Å². The van der Waals surface area contributed by atoms with Gasteiger partial charge in [-0.1, -0.05) is 12.1 Å². The molecule has 2 aromatic rings. The molecule has 1 aromatic carbocycles. The molecule has 4 heteroatoms. The van der Waals surface area contributed by atoms with Crippen molar-refractivity contribution >= 4 is 5.69 Å². The Morgan fingerprint density at radius 1 is 1.35 bits per heavy atom. The number of nitrogens with zero attached hydrogens (tertiary/aromatic N) is 2. The van der Waals surface area contributed by atoms with Crippen molar-refractivity contribution in [1.82, 2.24) is 9.78 Å². The zero-order chi connectivity index (χ0) is 12.3. The largest absolute Gasteiger partial charge is 0.376 e. The SMILES string of the molecule is CCn1cc(NC(C)c2ccc(F)cc2)cn1. The summed E-state index contributed by atoms with van der Waals surface area (Å²) in [6.07, 6.45) is 3.75. The minimum absolute atomic E-state index is 0.130. The first kappa shape index (κ1) is 11.6. The molecule has 2 rings (SSSR count). The van der Waals surface area contributed by atoms with E-state index < -0.39 is 0 Å². The van der Waals surface area contributed by atoms with Crippen molar-refractivity contribution < 1.29 is 4.39 Å². The summed E-state index contributed by atoms with van der Waals surface area (Å²) in [5.74, 6) is -0.209. The third kappa shape index (κ3) is 2.84. The number of anilines is 1. The van der Waals surface area contributed by atoms with Crippen LogP contribution in [0.3, 0.4) is 0 Å². The Balaban J connectivity index is 2.05. The van der Waals surface area contributed by atoms with Crippen LogP contribution in [0.2, 0.25) is 0 Å². The normalized spacial score (nSPS) is 12.4. The Hall–Kier alpha value is -1.84. The highest BCUT2D eigenvalue weighted by Crippen LogP contribution is 2.18. The maximum absolute atomic E-state index is 12.8. The molecule has 0 saturated heterocycles. The predicted molar refractivity (Wildman–Crippen MR) is 66.3 cm³/mol. The van der Waals surface area contributed by atoms with Crippen LogP contribution in [0.4, 0.5) is 10.1 Å². The second kappa shape index (κ2) is 4.99. The van der Waals surface area contributed by atoms with E-state index in [1.54, 1.807) is 18.3 Å². The van der Waals surface area contributed by atoms with Crippen LogP contribution in [-0.2, 0) is 6.54 Å². The Morgan fingerprint density at radius 2 is 2.06 bits per heavy atom. The van der Waals surface area contributed by atoms with Crippen molar-refractivity contribution in [1.29, 1.82) is 0 Å². The van der Waals surface area contributed by atoms with Crippen LogP contribution in [0.25, 0.3) is 0 Å². The number of halogens is 1. The van der Waals surface area contributed by atoms with Gasteiger partial charge in [0.2, 0.25) is 0 Å². The van der Waals surface area contributed by atoms with E-state index >= 15 is 0 Å². The molecule has 3 nitrogen and oxygen atoms in total. The van der Waals surface area contributed by atoms with Crippen LogP contribution >= 0.6 is 0 Å². The second-order valence-corrected chi connectivity index (χ2v) is 4.00. The summed E-state index contributed by atoms with van der Waals surface area (Å²) in [6.45, 7) is 4.93. The zero-order valence-electron chi connectivity index (χ0n) is 10.0. The molecule has 0 fully saturated rings.